The normalized spacial score (nSPS) is 10.6. The molecule has 1 N–H and O–H groups in total. The molecule has 33 heavy (non-hydrogen) atoms. The van der Waals surface area contributed by atoms with Crippen LogP contribution in [0.5, 0.6) is 11.5 Å². The molecule has 0 atom stereocenters. The minimum Gasteiger partial charge on any atom is -0.490 e. The fourth-order valence-electron chi connectivity index (χ4n) is 2.80. The minimum atomic E-state index is -0.828. The van der Waals surface area contributed by atoms with E-state index in [1.54, 1.807) is 37.3 Å². The molecule has 0 fully saturated rings. The van der Waals surface area contributed by atoms with Gasteiger partial charge in [0.1, 0.15) is 18.2 Å². The lowest BCUT2D eigenvalue weighted by Crippen LogP contribution is -2.19. The molecule has 3 rings (SSSR count). The Labute approximate surface area is 194 Å². The number of carbonyl (C=O) groups excluding carboxylic acids is 1. The van der Waals surface area contributed by atoms with Crippen LogP contribution in [-0.4, -0.2) is 18.7 Å². The van der Waals surface area contributed by atoms with E-state index in [2.05, 4.69) is 10.5 Å². The van der Waals surface area contributed by atoms with Gasteiger partial charge in [-0.3, -0.25) is 4.79 Å². The second kappa shape index (κ2) is 11.1. The van der Waals surface area contributed by atoms with Crippen LogP contribution in [0.15, 0.2) is 59.7 Å². The van der Waals surface area contributed by atoms with Crippen molar-refractivity contribution in [3.63, 3.8) is 0 Å². The van der Waals surface area contributed by atoms with Crippen LogP contribution in [0.3, 0.4) is 0 Å². The number of hydrogen-bond acceptors (Lipinski definition) is 5. The van der Waals surface area contributed by atoms with E-state index in [9.17, 15) is 13.6 Å². The van der Waals surface area contributed by atoms with E-state index in [-0.39, 0.29) is 28.6 Å². The van der Waals surface area contributed by atoms with Crippen LogP contribution in [-0.2, 0) is 6.61 Å². The van der Waals surface area contributed by atoms with E-state index < -0.39 is 11.7 Å². The topological polar surface area (TPSA) is 83.7 Å². The summed E-state index contributed by atoms with van der Waals surface area (Å²) in [7, 11) is 0. The van der Waals surface area contributed by atoms with Crippen LogP contribution < -0.4 is 14.9 Å². The number of carbonyl (C=O) groups is 1. The van der Waals surface area contributed by atoms with Gasteiger partial charge in [-0.15, -0.1) is 0 Å². The number of nitrogens with one attached hydrogen (secondary N) is 1. The zero-order chi connectivity index (χ0) is 23.8. The van der Waals surface area contributed by atoms with Gasteiger partial charge in [0.25, 0.3) is 5.91 Å². The van der Waals surface area contributed by atoms with Gasteiger partial charge in [-0.1, -0.05) is 23.7 Å². The van der Waals surface area contributed by atoms with Crippen LogP contribution in [0, 0.1) is 23.0 Å². The molecular weight excluding hydrogens is 452 g/mol. The predicted molar refractivity (Wildman–Crippen MR) is 120 cm³/mol. The van der Waals surface area contributed by atoms with Crippen LogP contribution in [0.1, 0.15) is 34.0 Å². The number of benzene rings is 3. The van der Waals surface area contributed by atoms with Crippen LogP contribution in [0.4, 0.5) is 8.78 Å². The maximum Gasteiger partial charge on any atom is 0.274 e. The molecule has 9 heteroatoms. The lowest BCUT2D eigenvalue weighted by atomic mass is 10.1. The highest BCUT2D eigenvalue weighted by Crippen LogP contribution is 2.37. The Kier molecular flexibility index (Phi) is 7.95. The molecule has 0 radical (unpaired) electrons. The number of halogens is 3. The predicted octanol–water partition coefficient (Wildman–Crippen LogP) is 5.23. The lowest BCUT2D eigenvalue weighted by Gasteiger charge is -2.14. The quantitative estimate of drug-likeness (QED) is 0.361. The molecule has 0 aliphatic carbocycles. The summed E-state index contributed by atoms with van der Waals surface area (Å²) in [5.74, 6) is -1.28. The largest absolute Gasteiger partial charge is 0.490 e. The summed E-state index contributed by atoms with van der Waals surface area (Å²) < 4.78 is 38.4. The zero-order valence-corrected chi connectivity index (χ0v) is 18.2. The van der Waals surface area contributed by atoms with Gasteiger partial charge in [0.2, 0.25) is 0 Å². The van der Waals surface area contributed by atoms with Crippen molar-refractivity contribution in [2.45, 2.75) is 13.5 Å². The number of hydrogen-bond donors (Lipinski definition) is 1. The first-order valence-electron chi connectivity index (χ1n) is 9.78. The molecule has 0 aromatic heterocycles. The molecule has 6 nitrogen and oxygen atoms in total. The fraction of sp³-hybridized carbons (Fsp3) is 0.125. The Balaban J connectivity index is 1.72. The molecule has 0 saturated heterocycles. The van der Waals surface area contributed by atoms with Gasteiger partial charge in [0, 0.05) is 0 Å². The van der Waals surface area contributed by atoms with Crippen molar-refractivity contribution in [3.8, 4) is 17.6 Å². The van der Waals surface area contributed by atoms with Gasteiger partial charge in [0.05, 0.1) is 35.0 Å². The molecule has 0 bridgehead atoms. The van der Waals surface area contributed by atoms with Crippen molar-refractivity contribution < 1.29 is 23.0 Å². The molecule has 0 heterocycles. The van der Waals surface area contributed by atoms with E-state index in [1.807, 2.05) is 0 Å². The second-order valence-electron chi connectivity index (χ2n) is 6.68. The van der Waals surface area contributed by atoms with Crippen molar-refractivity contribution in [1.29, 1.82) is 5.26 Å². The third-order valence-electron chi connectivity index (χ3n) is 4.35. The number of nitriles is 1. The third kappa shape index (κ3) is 6.28. The summed E-state index contributed by atoms with van der Waals surface area (Å²) in [5, 5.41) is 12.9. The highest BCUT2D eigenvalue weighted by Gasteiger charge is 2.14. The lowest BCUT2D eigenvalue weighted by molar-refractivity contribution is 0.0951. The molecule has 1 amide bonds. The van der Waals surface area contributed by atoms with E-state index >= 15 is 0 Å². The molecule has 0 spiro atoms. The standard InChI is InChI=1S/C24H18ClF2N3O3/c1-2-32-22-11-17(9-20(25)23(22)33-14-15-3-6-18(26)7-4-15)13-29-30-24(31)19-8-5-16(12-28)10-21(19)27/h3-11,13H,2,14H2,1H3,(H,30,31)/b29-13-. The van der Waals surface area contributed by atoms with Crippen molar-refractivity contribution in [1.82, 2.24) is 5.43 Å². The van der Waals surface area contributed by atoms with Gasteiger partial charge in [-0.25, -0.2) is 14.2 Å². The van der Waals surface area contributed by atoms with Gasteiger partial charge in [0.15, 0.2) is 11.5 Å². The molecule has 0 aliphatic rings. The summed E-state index contributed by atoms with van der Waals surface area (Å²) in [4.78, 5) is 12.1. The van der Waals surface area contributed by atoms with Crippen molar-refractivity contribution >= 4 is 23.7 Å². The molecule has 168 valence electrons. The van der Waals surface area contributed by atoms with Crippen molar-refractivity contribution in [2.24, 2.45) is 5.10 Å². The minimum absolute atomic E-state index is 0.104. The number of rotatable bonds is 8. The van der Waals surface area contributed by atoms with Gasteiger partial charge in [-0.2, -0.15) is 10.4 Å². The number of nitrogens with zero attached hydrogens (tertiary/aromatic N) is 2. The van der Waals surface area contributed by atoms with Crippen molar-refractivity contribution in [3.05, 3.63) is 93.5 Å². The fourth-order valence-corrected chi connectivity index (χ4v) is 3.07. The molecule has 0 saturated carbocycles. The van der Waals surface area contributed by atoms with Gasteiger partial charge < -0.3 is 9.47 Å². The molecule has 0 unspecified atom stereocenters. The average Bonchev–Trinajstić information content (AvgIpc) is 2.79. The molecule has 3 aromatic carbocycles. The summed E-state index contributed by atoms with van der Waals surface area (Å²) in [6, 6.07) is 14.3. The summed E-state index contributed by atoms with van der Waals surface area (Å²) in [6.07, 6.45) is 1.32. The van der Waals surface area contributed by atoms with E-state index in [4.69, 9.17) is 26.3 Å². The Hall–Kier alpha value is -3.96. The number of ether oxygens (including phenoxy) is 2. The summed E-state index contributed by atoms with van der Waals surface area (Å²) >= 11 is 6.36. The van der Waals surface area contributed by atoms with E-state index in [0.717, 1.165) is 11.6 Å². The second-order valence-corrected chi connectivity index (χ2v) is 7.09. The average molecular weight is 470 g/mol. The SMILES string of the molecule is CCOc1cc(/C=N\NC(=O)c2ccc(C#N)cc2F)cc(Cl)c1OCc1ccc(F)cc1. The molecule has 3 aromatic rings. The van der Waals surface area contributed by atoms with Gasteiger partial charge >= 0.3 is 0 Å². The van der Waals surface area contributed by atoms with Crippen LogP contribution in [0.25, 0.3) is 0 Å². The molecule has 0 aliphatic heterocycles. The summed E-state index contributed by atoms with van der Waals surface area (Å²) in [5.41, 5.74) is 3.33. The zero-order valence-electron chi connectivity index (χ0n) is 17.4. The Morgan fingerprint density at radius 1 is 1.15 bits per heavy atom. The third-order valence-corrected chi connectivity index (χ3v) is 4.63. The smallest absolute Gasteiger partial charge is 0.274 e. The first-order chi connectivity index (χ1) is 15.9. The maximum absolute atomic E-state index is 14.0. The molecular formula is C24H18ClF2N3O3. The van der Waals surface area contributed by atoms with E-state index in [0.29, 0.717) is 23.7 Å². The highest BCUT2D eigenvalue weighted by atomic mass is 35.5. The summed E-state index contributed by atoms with van der Waals surface area (Å²) in [6.45, 7) is 2.29. The Morgan fingerprint density at radius 3 is 2.58 bits per heavy atom. The highest BCUT2D eigenvalue weighted by molar-refractivity contribution is 6.32. The van der Waals surface area contributed by atoms with E-state index in [1.165, 1.54) is 30.5 Å². The first kappa shape index (κ1) is 23.7. The Morgan fingerprint density at radius 2 is 1.91 bits per heavy atom. The monoisotopic (exact) mass is 469 g/mol. The Bertz CT molecular complexity index is 1220. The van der Waals surface area contributed by atoms with Crippen molar-refractivity contribution in [2.75, 3.05) is 6.61 Å². The maximum atomic E-state index is 14.0. The number of amides is 1. The first-order valence-corrected chi connectivity index (χ1v) is 10.2. The van der Waals surface area contributed by atoms with Crippen LogP contribution >= 0.6 is 11.6 Å². The number of hydrazone groups is 1. The van der Waals surface area contributed by atoms with Gasteiger partial charge in [-0.05, 0) is 60.5 Å². The van der Waals surface area contributed by atoms with Crippen LogP contribution in [0.2, 0.25) is 5.02 Å².